The van der Waals surface area contributed by atoms with Gasteiger partial charge in [0.1, 0.15) is 10.6 Å². The van der Waals surface area contributed by atoms with Crippen molar-refractivity contribution in [1.29, 1.82) is 5.26 Å². The molecule has 2 rings (SSSR count). The fraction of sp³-hybridized carbons (Fsp3) is 0.455. The summed E-state index contributed by atoms with van der Waals surface area (Å²) >= 11 is 7.44. The molecule has 84 valence electrons. The van der Waals surface area contributed by atoms with Crippen LogP contribution in [0.15, 0.2) is 23.4 Å². The van der Waals surface area contributed by atoms with Crippen molar-refractivity contribution in [2.24, 2.45) is 11.7 Å². The summed E-state index contributed by atoms with van der Waals surface area (Å²) in [6.07, 6.45) is 3.80. The third kappa shape index (κ3) is 2.49. The molecule has 1 heterocycles. The maximum Gasteiger partial charge on any atom is 0.116 e. The van der Waals surface area contributed by atoms with Crippen molar-refractivity contribution in [3.05, 3.63) is 23.4 Å². The number of hydrogen-bond acceptors (Lipinski definition) is 4. The van der Waals surface area contributed by atoms with Crippen LogP contribution in [0.4, 0.5) is 0 Å². The van der Waals surface area contributed by atoms with Crippen molar-refractivity contribution in [3.8, 4) is 6.07 Å². The number of hydrogen-bond donors (Lipinski definition) is 1. The molecule has 0 amide bonds. The number of thioether (sulfide) groups is 1. The van der Waals surface area contributed by atoms with E-state index in [0.29, 0.717) is 16.7 Å². The quantitative estimate of drug-likeness (QED) is 0.838. The summed E-state index contributed by atoms with van der Waals surface area (Å²) in [7, 11) is 0. The van der Waals surface area contributed by atoms with Crippen molar-refractivity contribution in [2.45, 2.75) is 23.4 Å². The van der Waals surface area contributed by atoms with E-state index < -0.39 is 5.54 Å². The molecule has 1 aromatic heterocycles. The lowest BCUT2D eigenvalue weighted by Gasteiger charge is -2.20. The molecule has 1 aliphatic rings. The molecule has 1 saturated carbocycles. The molecule has 0 saturated heterocycles. The van der Waals surface area contributed by atoms with E-state index in [9.17, 15) is 0 Å². The van der Waals surface area contributed by atoms with Gasteiger partial charge in [0.2, 0.25) is 0 Å². The lowest BCUT2D eigenvalue weighted by atomic mass is 10.00. The van der Waals surface area contributed by atoms with Crippen LogP contribution in [-0.2, 0) is 0 Å². The topological polar surface area (TPSA) is 62.7 Å². The highest BCUT2D eigenvalue weighted by Crippen LogP contribution is 2.40. The highest BCUT2D eigenvalue weighted by Gasteiger charge is 2.42. The van der Waals surface area contributed by atoms with Crippen LogP contribution in [0.3, 0.4) is 0 Å². The van der Waals surface area contributed by atoms with E-state index in [4.69, 9.17) is 22.6 Å². The Morgan fingerprint density at radius 1 is 1.69 bits per heavy atom. The second-order valence-electron chi connectivity index (χ2n) is 4.01. The first kappa shape index (κ1) is 11.7. The molecule has 1 fully saturated rings. The summed E-state index contributed by atoms with van der Waals surface area (Å²) in [5.74, 6) is 0.887. The van der Waals surface area contributed by atoms with Gasteiger partial charge < -0.3 is 5.73 Å². The maximum absolute atomic E-state index is 9.10. The molecule has 1 aromatic rings. The second kappa shape index (κ2) is 4.62. The van der Waals surface area contributed by atoms with Gasteiger partial charge in [-0.2, -0.15) is 5.26 Å². The zero-order chi connectivity index (χ0) is 11.6. The first-order valence-corrected chi connectivity index (χ1v) is 6.45. The fourth-order valence-electron chi connectivity index (χ4n) is 1.51. The summed E-state index contributed by atoms with van der Waals surface area (Å²) in [4.78, 5) is 4.16. The highest BCUT2D eigenvalue weighted by molar-refractivity contribution is 7.99. The Balaban J connectivity index is 2.02. The zero-order valence-electron chi connectivity index (χ0n) is 8.69. The number of rotatable bonds is 4. The Kier molecular flexibility index (Phi) is 3.38. The smallest absolute Gasteiger partial charge is 0.116 e. The number of halogens is 1. The first-order valence-electron chi connectivity index (χ1n) is 5.09. The van der Waals surface area contributed by atoms with Crippen LogP contribution < -0.4 is 5.73 Å². The fourth-order valence-corrected chi connectivity index (χ4v) is 2.81. The Bertz CT molecular complexity index is 427. The minimum Gasteiger partial charge on any atom is -0.312 e. The third-order valence-corrected chi connectivity index (χ3v) is 4.32. The summed E-state index contributed by atoms with van der Waals surface area (Å²) in [5, 5.41) is 10.5. The van der Waals surface area contributed by atoms with Crippen molar-refractivity contribution in [2.75, 3.05) is 5.75 Å². The van der Waals surface area contributed by atoms with Gasteiger partial charge in [-0.1, -0.05) is 11.6 Å². The highest BCUT2D eigenvalue weighted by atomic mass is 35.5. The van der Waals surface area contributed by atoms with Crippen LogP contribution in [0.25, 0.3) is 0 Å². The Hall–Kier alpha value is -0.760. The van der Waals surface area contributed by atoms with E-state index in [0.717, 1.165) is 17.9 Å². The second-order valence-corrected chi connectivity index (χ2v) is 5.38. The van der Waals surface area contributed by atoms with E-state index in [2.05, 4.69) is 11.1 Å². The van der Waals surface area contributed by atoms with Gasteiger partial charge in [0.05, 0.1) is 11.1 Å². The van der Waals surface area contributed by atoms with Crippen LogP contribution in [0, 0.1) is 17.2 Å². The van der Waals surface area contributed by atoms with E-state index in [-0.39, 0.29) is 0 Å². The third-order valence-electron chi connectivity index (χ3n) is 2.69. The number of nitrogens with two attached hydrogens (primary N) is 1. The summed E-state index contributed by atoms with van der Waals surface area (Å²) in [5.41, 5.74) is 5.32. The summed E-state index contributed by atoms with van der Waals surface area (Å²) < 4.78 is 0. The number of nitriles is 1. The van der Waals surface area contributed by atoms with Gasteiger partial charge >= 0.3 is 0 Å². The van der Waals surface area contributed by atoms with Crippen molar-refractivity contribution in [3.63, 3.8) is 0 Å². The van der Waals surface area contributed by atoms with Gasteiger partial charge in [0, 0.05) is 11.9 Å². The zero-order valence-corrected chi connectivity index (χ0v) is 10.3. The Morgan fingerprint density at radius 3 is 3.00 bits per heavy atom. The minimum atomic E-state index is -0.731. The normalized spacial score (nSPS) is 18.8. The average molecular weight is 254 g/mol. The van der Waals surface area contributed by atoms with Crippen LogP contribution in [0.2, 0.25) is 5.02 Å². The molecule has 5 heteroatoms. The molecule has 3 nitrogen and oxygen atoms in total. The Morgan fingerprint density at radius 2 is 2.44 bits per heavy atom. The average Bonchev–Trinajstić information content (AvgIpc) is 3.12. The van der Waals surface area contributed by atoms with Crippen LogP contribution in [0.1, 0.15) is 12.8 Å². The van der Waals surface area contributed by atoms with Gasteiger partial charge in [-0.3, -0.25) is 0 Å². The van der Waals surface area contributed by atoms with Gasteiger partial charge in [-0.15, -0.1) is 11.8 Å². The summed E-state index contributed by atoms with van der Waals surface area (Å²) in [6.45, 7) is 0. The van der Waals surface area contributed by atoms with E-state index >= 15 is 0 Å². The van der Waals surface area contributed by atoms with Crippen molar-refractivity contribution >= 4 is 23.4 Å². The van der Waals surface area contributed by atoms with Gasteiger partial charge in [-0.25, -0.2) is 4.98 Å². The molecule has 2 N–H and O–H groups in total. The largest absolute Gasteiger partial charge is 0.312 e. The lowest BCUT2D eigenvalue weighted by Crippen LogP contribution is -2.43. The van der Waals surface area contributed by atoms with E-state index in [1.807, 2.05) is 0 Å². The molecule has 0 aromatic carbocycles. The van der Waals surface area contributed by atoms with Crippen LogP contribution >= 0.6 is 23.4 Å². The van der Waals surface area contributed by atoms with Gasteiger partial charge in [0.15, 0.2) is 0 Å². The SMILES string of the molecule is N#CC(N)(CSc1ncccc1Cl)C1CC1. The van der Waals surface area contributed by atoms with Gasteiger partial charge in [0.25, 0.3) is 0 Å². The molecule has 0 radical (unpaired) electrons. The van der Waals surface area contributed by atoms with Crippen molar-refractivity contribution < 1.29 is 0 Å². The van der Waals surface area contributed by atoms with Crippen LogP contribution in [0.5, 0.6) is 0 Å². The molecule has 1 aliphatic carbocycles. The molecule has 0 spiro atoms. The molecule has 0 aliphatic heterocycles. The van der Waals surface area contributed by atoms with E-state index in [1.54, 1.807) is 18.3 Å². The Labute approximate surface area is 104 Å². The predicted octanol–water partition coefficient (Wildman–Crippen LogP) is 2.46. The maximum atomic E-state index is 9.10. The molecule has 1 atom stereocenters. The standard InChI is InChI=1S/C11H12ClN3S/c12-9-2-1-5-15-10(9)16-7-11(14,6-13)8-3-4-8/h1-2,5,8H,3-4,7,14H2. The first-order chi connectivity index (χ1) is 7.65. The predicted molar refractivity (Wildman–Crippen MR) is 65.2 cm³/mol. The monoisotopic (exact) mass is 253 g/mol. The lowest BCUT2D eigenvalue weighted by molar-refractivity contribution is 0.532. The van der Waals surface area contributed by atoms with E-state index in [1.165, 1.54) is 11.8 Å². The molecule has 16 heavy (non-hydrogen) atoms. The van der Waals surface area contributed by atoms with Gasteiger partial charge in [-0.05, 0) is 30.9 Å². The number of pyridine rings is 1. The molecular formula is C11H12ClN3S. The van der Waals surface area contributed by atoms with Crippen molar-refractivity contribution in [1.82, 2.24) is 4.98 Å². The molecule has 0 bridgehead atoms. The minimum absolute atomic E-state index is 0.340. The van der Waals surface area contributed by atoms with Crippen LogP contribution in [-0.4, -0.2) is 16.3 Å². The number of aromatic nitrogens is 1. The number of nitrogens with zero attached hydrogens (tertiary/aromatic N) is 2. The summed E-state index contributed by atoms with van der Waals surface area (Å²) in [6, 6.07) is 5.79. The molecule has 1 unspecified atom stereocenters. The molecular weight excluding hydrogens is 242 g/mol.